The molecule has 1 amide bonds. The average Bonchev–Trinajstić information content (AvgIpc) is 3.60. The van der Waals surface area contributed by atoms with Gasteiger partial charge >= 0.3 is 0 Å². The summed E-state index contributed by atoms with van der Waals surface area (Å²) in [6.07, 6.45) is 4.92. The van der Waals surface area contributed by atoms with Crippen LogP contribution in [-0.4, -0.2) is 35.5 Å². The highest BCUT2D eigenvalue weighted by Gasteiger charge is 2.30. The third-order valence-electron chi connectivity index (χ3n) is 6.98. The van der Waals surface area contributed by atoms with Gasteiger partial charge in [-0.15, -0.1) is 11.3 Å². The molecular formula is C32H30N2O5S. The number of aromatic nitrogens is 1. The number of nitrogens with zero attached hydrogens (tertiary/aromatic N) is 1. The third kappa shape index (κ3) is 5.65. The maximum Gasteiger partial charge on any atom is 0.290 e. The van der Waals surface area contributed by atoms with Gasteiger partial charge in [0.2, 0.25) is 6.29 Å². The number of ether oxygens (including phenoxy) is 2. The van der Waals surface area contributed by atoms with Crippen molar-refractivity contribution < 1.29 is 23.8 Å². The number of aliphatic hydroxyl groups is 1. The van der Waals surface area contributed by atoms with E-state index in [-0.39, 0.29) is 24.2 Å². The monoisotopic (exact) mass is 554 g/mol. The van der Waals surface area contributed by atoms with Crippen LogP contribution < -0.4 is 5.32 Å². The Bertz CT molecular complexity index is 1670. The fourth-order valence-corrected chi connectivity index (χ4v) is 5.96. The number of fused-ring (bicyclic) bond motifs is 2. The number of carbonyl (C=O) groups excluding carboxylic acids is 1. The quantitative estimate of drug-likeness (QED) is 0.188. The molecule has 6 rings (SSSR count). The van der Waals surface area contributed by atoms with Crippen molar-refractivity contribution in [2.45, 2.75) is 38.4 Å². The molecule has 8 heteroatoms. The molecule has 5 aromatic rings. The summed E-state index contributed by atoms with van der Waals surface area (Å²) >= 11 is 1.65. The minimum absolute atomic E-state index is 0.115. The molecule has 0 spiro atoms. The first-order chi connectivity index (χ1) is 19.6. The molecule has 3 heterocycles. The number of thiazole rings is 1. The van der Waals surface area contributed by atoms with Crippen LogP contribution >= 0.6 is 11.3 Å². The van der Waals surface area contributed by atoms with Crippen LogP contribution in [-0.2, 0) is 14.3 Å². The van der Waals surface area contributed by atoms with Gasteiger partial charge in [0, 0.05) is 41.1 Å². The standard InChI is InChI=1S/C32H30N2O5S/c1-20-8-13-26-29(16-20)40-32(34-26)21-9-11-23(12-10-21)33-31(36)28-17-22(18-30(39-28)37-15-5-4-14-35)25-19-38-27-7-3-2-6-24(25)27/h2-3,6-13,16-17,19,22,30,35H,4-5,14-15,18H2,1H3,(H,33,36). The van der Waals surface area contributed by atoms with Crippen LogP contribution in [0, 0.1) is 6.92 Å². The molecule has 0 aliphatic carbocycles. The zero-order valence-electron chi connectivity index (χ0n) is 22.1. The summed E-state index contributed by atoms with van der Waals surface area (Å²) < 4.78 is 18.9. The first-order valence-electron chi connectivity index (χ1n) is 13.4. The molecule has 2 aromatic heterocycles. The predicted octanol–water partition coefficient (Wildman–Crippen LogP) is 7.16. The Labute approximate surface area is 236 Å². The minimum atomic E-state index is -0.590. The predicted molar refractivity (Wildman–Crippen MR) is 157 cm³/mol. The van der Waals surface area contributed by atoms with Crippen molar-refractivity contribution in [3.05, 3.63) is 96.0 Å². The number of furan rings is 1. The molecule has 0 saturated carbocycles. The van der Waals surface area contributed by atoms with E-state index < -0.39 is 6.29 Å². The van der Waals surface area contributed by atoms with Gasteiger partial charge < -0.3 is 24.3 Å². The first-order valence-corrected chi connectivity index (χ1v) is 14.2. The number of aryl methyl sites for hydroxylation is 1. The molecule has 3 aromatic carbocycles. The van der Waals surface area contributed by atoms with Crippen molar-refractivity contribution in [1.82, 2.24) is 4.98 Å². The van der Waals surface area contributed by atoms with Gasteiger partial charge in [0.05, 0.1) is 23.1 Å². The fourth-order valence-electron chi connectivity index (χ4n) is 4.89. The van der Waals surface area contributed by atoms with E-state index in [1.165, 1.54) is 5.56 Å². The average molecular weight is 555 g/mol. The van der Waals surface area contributed by atoms with Crippen molar-refractivity contribution in [3.8, 4) is 10.6 Å². The number of allylic oxidation sites excluding steroid dienone is 1. The SMILES string of the molecule is Cc1ccc2nc(-c3ccc(NC(=O)C4=CC(c5coc6ccccc56)CC(OCCCCO)O4)cc3)sc2c1. The molecule has 7 nitrogen and oxygen atoms in total. The molecular weight excluding hydrogens is 524 g/mol. The highest BCUT2D eigenvalue weighted by atomic mass is 32.1. The van der Waals surface area contributed by atoms with Crippen molar-refractivity contribution in [2.75, 3.05) is 18.5 Å². The lowest BCUT2D eigenvalue weighted by Crippen LogP contribution is -2.29. The van der Waals surface area contributed by atoms with Crippen LogP contribution in [0.3, 0.4) is 0 Å². The Hall–Kier alpha value is -3.98. The molecule has 0 radical (unpaired) electrons. The maximum atomic E-state index is 13.3. The van der Waals surface area contributed by atoms with Gasteiger partial charge in [-0.3, -0.25) is 4.79 Å². The van der Waals surface area contributed by atoms with Crippen LogP contribution in [0.4, 0.5) is 5.69 Å². The van der Waals surface area contributed by atoms with Gasteiger partial charge in [0.25, 0.3) is 5.91 Å². The fraction of sp³-hybridized carbons (Fsp3) is 0.250. The number of amides is 1. The summed E-state index contributed by atoms with van der Waals surface area (Å²) in [7, 11) is 0. The van der Waals surface area contributed by atoms with Crippen molar-refractivity contribution in [2.24, 2.45) is 0 Å². The molecule has 204 valence electrons. The van der Waals surface area contributed by atoms with E-state index in [4.69, 9.17) is 24.0 Å². The van der Waals surface area contributed by atoms with Gasteiger partial charge in [-0.25, -0.2) is 4.98 Å². The lowest BCUT2D eigenvalue weighted by Gasteiger charge is -2.29. The van der Waals surface area contributed by atoms with Gasteiger partial charge in [0.1, 0.15) is 10.6 Å². The second-order valence-corrected chi connectivity index (χ2v) is 11.0. The Morgan fingerprint density at radius 2 is 1.98 bits per heavy atom. The minimum Gasteiger partial charge on any atom is -0.464 e. The Morgan fingerprint density at radius 1 is 1.12 bits per heavy atom. The summed E-state index contributed by atoms with van der Waals surface area (Å²) in [6, 6.07) is 21.8. The largest absolute Gasteiger partial charge is 0.464 e. The molecule has 0 fully saturated rings. The van der Waals surface area contributed by atoms with E-state index in [1.807, 2.05) is 60.7 Å². The number of hydrogen-bond donors (Lipinski definition) is 2. The van der Waals surface area contributed by atoms with E-state index in [0.29, 0.717) is 31.6 Å². The summed E-state index contributed by atoms with van der Waals surface area (Å²) in [4.78, 5) is 18.1. The molecule has 1 aliphatic heterocycles. The van der Waals surface area contributed by atoms with Crippen molar-refractivity contribution in [1.29, 1.82) is 0 Å². The van der Waals surface area contributed by atoms with Crippen molar-refractivity contribution >= 4 is 44.1 Å². The number of para-hydroxylation sites is 1. The third-order valence-corrected chi connectivity index (χ3v) is 8.05. The molecule has 40 heavy (non-hydrogen) atoms. The highest BCUT2D eigenvalue weighted by Crippen LogP contribution is 2.37. The van der Waals surface area contributed by atoms with Gasteiger partial charge in [-0.05, 0) is 73.9 Å². The smallest absolute Gasteiger partial charge is 0.290 e. The molecule has 0 saturated heterocycles. The van der Waals surface area contributed by atoms with Crippen LogP contribution in [0.5, 0.6) is 0 Å². The zero-order valence-corrected chi connectivity index (χ0v) is 22.9. The van der Waals surface area contributed by atoms with E-state index in [2.05, 4.69) is 24.4 Å². The van der Waals surface area contributed by atoms with Crippen LogP contribution in [0.15, 0.2) is 89.2 Å². The number of rotatable bonds is 9. The second kappa shape index (κ2) is 11.6. The number of nitrogens with one attached hydrogen (secondary N) is 1. The Morgan fingerprint density at radius 3 is 2.83 bits per heavy atom. The number of benzene rings is 3. The maximum absolute atomic E-state index is 13.3. The lowest BCUT2D eigenvalue weighted by molar-refractivity contribution is -0.143. The van der Waals surface area contributed by atoms with E-state index >= 15 is 0 Å². The number of hydrogen-bond acceptors (Lipinski definition) is 7. The summed E-state index contributed by atoms with van der Waals surface area (Å²) in [5.41, 5.74) is 5.63. The second-order valence-electron chi connectivity index (χ2n) is 9.93. The van der Waals surface area contributed by atoms with Gasteiger partial charge in [0.15, 0.2) is 5.76 Å². The topological polar surface area (TPSA) is 93.8 Å². The van der Waals surface area contributed by atoms with E-state index in [1.54, 1.807) is 17.6 Å². The summed E-state index contributed by atoms with van der Waals surface area (Å²) in [6.45, 7) is 2.63. The molecule has 2 N–H and O–H groups in total. The van der Waals surface area contributed by atoms with Gasteiger partial charge in [-0.1, -0.05) is 24.3 Å². The van der Waals surface area contributed by atoms with Crippen LogP contribution in [0.25, 0.3) is 31.8 Å². The first kappa shape index (κ1) is 26.3. The summed E-state index contributed by atoms with van der Waals surface area (Å²) in [5.74, 6) is -0.255. The Balaban J connectivity index is 1.20. The lowest BCUT2D eigenvalue weighted by atomic mass is 9.92. The Kier molecular flexibility index (Phi) is 7.64. The van der Waals surface area contributed by atoms with Crippen molar-refractivity contribution in [3.63, 3.8) is 0 Å². The number of anilines is 1. The number of aliphatic hydroxyl groups excluding tert-OH is 1. The normalized spacial score (nSPS) is 17.1. The van der Waals surface area contributed by atoms with E-state index in [0.717, 1.165) is 37.3 Å². The highest BCUT2D eigenvalue weighted by molar-refractivity contribution is 7.21. The molecule has 0 bridgehead atoms. The van der Waals surface area contributed by atoms with Crippen LogP contribution in [0.2, 0.25) is 0 Å². The van der Waals surface area contributed by atoms with Gasteiger partial charge in [-0.2, -0.15) is 0 Å². The summed E-state index contributed by atoms with van der Waals surface area (Å²) in [5, 5.41) is 14.0. The van der Waals surface area contributed by atoms with E-state index in [9.17, 15) is 4.79 Å². The van der Waals surface area contributed by atoms with Crippen LogP contribution in [0.1, 0.15) is 36.3 Å². The molecule has 1 aliphatic rings. The number of carbonyl (C=O) groups is 1. The molecule has 2 unspecified atom stereocenters. The zero-order chi connectivity index (χ0) is 27.5. The number of unbranched alkanes of at least 4 members (excludes halogenated alkanes) is 1. The molecule has 2 atom stereocenters.